The summed E-state index contributed by atoms with van der Waals surface area (Å²) in [5.41, 5.74) is 4.29. The van der Waals surface area contributed by atoms with Crippen LogP contribution in [-0.4, -0.2) is 7.05 Å². The van der Waals surface area contributed by atoms with Gasteiger partial charge in [0.05, 0.1) is 6.04 Å². The largest absolute Gasteiger partial charge is 0.309 e. The van der Waals surface area contributed by atoms with E-state index in [0.29, 0.717) is 5.56 Å². The monoisotopic (exact) mass is 307 g/mol. The number of halogens is 3. The van der Waals surface area contributed by atoms with Gasteiger partial charge in [0.15, 0.2) is 11.6 Å². The summed E-state index contributed by atoms with van der Waals surface area (Å²) in [5.74, 6) is -1.80. The molecule has 2 aromatic rings. The Labute approximate surface area is 127 Å². The molecule has 0 aromatic heterocycles. The van der Waals surface area contributed by atoms with E-state index in [-0.39, 0.29) is 11.1 Å². The number of benzene rings is 2. The van der Waals surface area contributed by atoms with Crippen molar-refractivity contribution in [3.8, 4) is 0 Å². The smallest absolute Gasteiger partial charge is 0.160 e. The van der Waals surface area contributed by atoms with Gasteiger partial charge in [0.2, 0.25) is 0 Å². The second-order valence-corrected chi connectivity index (χ2v) is 5.80. The first kappa shape index (κ1) is 14.5. The molecule has 0 aliphatic heterocycles. The molecule has 0 amide bonds. The fourth-order valence-electron chi connectivity index (χ4n) is 3.03. The molecular weight excluding hydrogens is 292 g/mol. The lowest BCUT2D eigenvalue weighted by atomic mass is 9.95. The maximum Gasteiger partial charge on any atom is 0.160 e. The van der Waals surface area contributed by atoms with E-state index in [1.54, 1.807) is 7.05 Å². The Kier molecular flexibility index (Phi) is 3.96. The second-order valence-electron chi connectivity index (χ2n) is 5.39. The fraction of sp³-hybridized carbons (Fsp3) is 0.294. The molecular formula is C17H16ClF2N. The zero-order chi connectivity index (χ0) is 15.0. The van der Waals surface area contributed by atoms with E-state index in [1.165, 1.54) is 23.6 Å². The van der Waals surface area contributed by atoms with Gasteiger partial charge in [0.25, 0.3) is 0 Å². The quantitative estimate of drug-likeness (QED) is 0.828. The minimum atomic E-state index is -0.924. The first-order chi connectivity index (χ1) is 10.1. The Morgan fingerprint density at radius 1 is 1.05 bits per heavy atom. The molecule has 2 aromatic carbocycles. The third kappa shape index (κ3) is 2.68. The van der Waals surface area contributed by atoms with Crippen molar-refractivity contribution in [3.05, 3.63) is 69.2 Å². The summed E-state index contributed by atoms with van der Waals surface area (Å²) >= 11 is 6.10. The molecule has 110 valence electrons. The fourth-order valence-corrected chi connectivity index (χ4v) is 3.29. The van der Waals surface area contributed by atoms with Crippen LogP contribution >= 0.6 is 11.6 Å². The zero-order valence-corrected chi connectivity index (χ0v) is 12.5. The summed E-state index contributed by atoms with van der Waals surface area (Å²) in [4.78, 5) is 0. The summed E-state index contributed by atoms with van der Waals surface area (Å²) in [6.45, 7) is 0. The lowest BCUT2D eigenvalue weighted by Crippen LogP contribution is -2.18. The average molecular weight is 308 g/mol. The van der Waals surface area contributed by atoms with Crippen LogP contribution in [0.3, 0.4) is 0 Å². The van der Waals surface area contributed by atoms with Crippen molar-refractivity contribution in [1.82, 2.24) is 5.32 Å². The van der Waals surface area contributed by atoms with Crippen LogP contribution in [0.15, 0.2) is 30.3 Å². The summed E-state index contributed by atoms with van der Waals surface area (Å²) < 4.78 is 26.8. The van der Waals surface area contributed by atoms with E-state index in [0.717, 1.165) is 24.5 Å². The van der Waals surface area contributed by atoms with Gasteiger partial charge >= 0.3 is 0 Å². The molecule has 1 atom stereocenters. The molecule has 3 rings (SSSR count). The molecule has 0 fully saturated rings. The topological polar surface area (TPSA) is 12.0 Å². The molecule has 4 heteroatoms. The first-order valence-corrected chi connectivity index (χ1v) is 7.41. The van der Waals surface area contributed by atoms with E-state index in [1.807, 2.05) is 6.07 Å². The van der Waals surface area contributed by atoms with Crippen molar-refractivity contribution in [2.45, 2.75) is 25.3 Å². The first-order valence-electron chi connectivity index (χ1n) is 7.03. The predicted octanol–water partition coefficient (Wildman–Crippen LogP) is 4.42. The highest BCUT2D eigenvalue weighted by Gasteiger charge is 2.20. The number of nitrogens with one attached hydrogen (secondary N) is 1. The van der Waals surface area contributed by atoms with Crippen LogP contribution in [0.5, 0.6) is 0 Å². The molecule has 0 heterocycles. The minimum Gasteiger partial charge on any atom is -0.309 e. The van der Waals surface area contributed by atoms with Gasteiger partial charge < -0.3 is 5.32 Å². The maximum atomic E-state index is 13.5. The van der Waals surface area contributed by atoms with E-state index in [2.05, 4.69) is 17.4 Å². The lowest BCUT2D eigenvalue weighted by molar-refractivity contribution is 0.505. The average Bonchev–Trinajstić information content (AvgIpc) is 2.92. The van der Waals surface area contributed by atoms with E-state index in [4.69, 9.17) is 11.6 Å². The van der Waals surface area contributed by atoms with Gasteiger partial charge in [-0.15, -0.1) is 0 Å². The van der Waals surface area contributed by atoms with Gasteiger partial charge in [-0.3, -0.25) is 0 Å². The molecule has 1 unspecified atom stereocenters. The minimum absolute atomic E-state index is 0.230. The highest BCUT2D eigenvalue weighted by atomic mass is 35.5. The molecule has 1 aliphatic carbocycles. The number of hydrogen-bond donors (Lipinski definition) is 1. The standard InChI is InChI=1S/C17H16ClF2N/c1-21-17(13-8-15(19)16(20)9-14(13)18)12-6-5-10-3-2-4-11(10)7-12/h5-9,17,21H,2-4H2,1H3. The predicted molar refractivity (Wildman–Crippen MR) is 80.7 cm³/mol. The molecule has 0 saturated heterocycles. The number of fused-ring (bicyclic) bond motifs is 1. The van der Waals surface area contributed by atoms with Crippen LogP contribution in [0.25, 0.3) is 0 Å². The van der Waals surface area contributed by atoms with Gasteiger partial charge in [0, 0.05) is 5.02 Å². The van der Waals surface area contributed by atoms with Crippen molar-refractivity contribution in [2.75, 3.05) is 7.05 Å². The maximum absolute atomic E-state index is 13.5. The van der Waals surface area contributed by atoms with Crippen molar-refractivity contribution in [1.29, 1.82) is 0 Å². The lowest BCUT2D eigenvalue weighted by Gasteiger charge is -2.20. The number of hydrogen-bond acceptors (Lipinski definition) is 1. The number of aryl methyl sites for hydroxylation is 2. The summed E-state index contributed by atoms with van der Waals surface area (Å²) in [7, 11) is 1.79. The van der Waals surface area contributed by atoms with Crippen molar-refractivity contribution in [3.63, 3.8) is 0 Å². The van der Waals surface area contributed by atoms with E-state index in [9.17, 15) is 8.78 Å². The van der Waals surface area contributed by atoms with Crippen molar-refractivity contribution in [2.24, 2.45) is 0 Å². The molecule has 1 aliphatic rings. The third-order valence-electron chi connectivity index (χ3n) is 4.10. The molecule has 0 bridgehead atoms. The molecule has 21 heavy (non-hydrogen) atoms. The Bertz CT molecular complexity index is 685. The van der Waals surface area contributed by atoms with Gasteiger partial charge in [-0.25, -0.2) is 8.78 Å². The molecule has 1 N–H and O–H groups in total. The van der Waals surface area contributed by atoms with Gasteiger partial charge in [-0.2, -0.15) is 0 Å². The zero-order valence-electron chi connectivity index (χ0n) is 11.7. The summed E-state index contributed by atoms with van der Waals surface area (Å²) in [6.07, 6.45) is 3.37. The highest BCUT2D eigenvalue weighted by molar-refractivity contribution is 6.31. The van der Waals surface area contributed by atoms with Crippen LogP contribution in [0.2, 0.25) is 5.02 Å². The summed E-state index contributed by atoms with van der Waals surface area (Å²) in [6, 6.07) is 8.24. The van der Waals surface area contributed by atoms with Gasteiger partial charge in [-0.1, -0.05) is 29.8 Å². The Balaban J connectivity index is 2.04. The third-order valence-corrected chi connectivity index (χ3v) is 4.42. The second kappa shape index (κ2) is 5.74. The molecule has 0 saturated carbocycles. The van der Waals surface area contributed by atoms with Gasteiger partial charge in [0.1, 0.15) is 0 Å². The molecule has 0 radical (unpaired) electrons. The van der Waals surface area contributed by atoms with Crippen LogP contribution in [-0.2, 0) is 12.8 Å². The van der Waals surface area contributed by atoms with Crippen molar-refractivity contribution < 1.29 is 8.78 Å². The number of rotatable bonds is 3. The normalized spacial score (nSPS) is 15.0. The van der Waals surface area contributed by atoms with Crippen LogP contribution in [0.1, 0.15) is 34.7 Å². The van der Waals surface area contributed by atoms with E-state index >= 15 is 0 Å². The molecule has 0 spiro atoms. The SMILES string of the molecule is CNC(c1ccc2c(c1)CCC2)c1cc(F)c(F)cc1Cl. The van der Waals surface area contributed by atoms with Crippen LogP contribution in [0.4, 0.5) is 8.78 Å². The molecule has 1 nitrogen and oxygen atoms in total. The van der Waals surface area contributed by atoms with Crippen LogP contribution < -0.4 is 5.32 Å². The Morgan fingerprint density at radius 2 is 1.76 bits per heavy atom. The van der Waals surface area contributed by atoms with Crippen molar-refractivity contribution >= 4 is 11.6 Å². The Hall–Kier alpha value is -1.45. The highest BCUT2D eigenvalue weighted by Crippen LogP contribution is 2.32. The van der Waals surface area contributed by atoms with Gasteiger partial charge in [-0.05, 0) is 60.7 Å². The van der Waals surface area contributed by atoms with E-state index < -0.39 is 11.6 Å². The Morgan fingerprint density at radius 3 is 2.52 bits per heavy atom. The van der Waals surface area contributed by atoms with Crippen LogP contribution in [0, 0.1) is 11.6 Å². The summed E-state index contributed by atoms with van der Waals surface area (Å²) in [5, 5.41) is 3.37.